The Kier molecular flexibility index (Phi) is 3.74. The molecule has 3 aliphatic rings. The lowest BCUT2D eigenvalue weighted by Gasteiger charge is -2.44. The van der Waals surface area contributed by atoms with E-state index in [2.05, 4.69) is 23.5 Å². The summed E-state index contributed by atoms with van der Waals surface area (Å²) in [7, 11) is 0. The Balaban J connectivity index is 1.61. The van der Waals surface area contributed by atoms with Gasteiger partial charge in [-0.25, -0.2) is 0 Å². The second-order valence-electron chi connectivity index (χ2n) is 6.75. The van der Waals surface area contributed by atoms with E-state index in [1.54, 1.807) is 16.7 Å². The van der Waals surface area contributed by atoms with Crippen LogP contribution in [0.5, 0.6) is 0 Å². The van der Waals surface area contributed by atoms with Crippen LogP contribution in [0, 0.1) is 0 Å². The topological polar surface area (TPSA) is 30.5 Å². The summed E-state index contributed by atoms with van der Waals surface area (Å²) in [6.07, 6.45) is 5.64. The summed E-state index contributed by atoms with van der Waals surface area (Å²) in [5.74, 6) is 0.659. The molecule has 21 heavy (non-hydrogen) atoms. The molecule has 0 aliphatic carbocycles. The van der Waals surface area contributed by atoms with Gasteiger partial charge in [0.25, 0.3) is 0 Å². The normalized spacial score (nSPS) is 28.3. The number of rotatable bonds is 1. The molecule has 0 amide bonds. The molecule has 0 radical (unpaired) electrons. The molecule has 2 fully saturated rings. The smallest absolute Gasteiger partial charge is 0.0732 e. The molecule has 0 bridgehead atoms. The van der Waals surface area contributed by atoms with Gasteiger partial charge in [-0.15, -0.1) is 0 Å². The van der Waals surface area contributed by atoms with Gasteiger partial charge in [-0.2, -0.15) is 0 Å². The highest BCUT2D eigenvalue weighted by atomic mass is 16.5. The van der Waals surface area contributed by atoms with Gasteiger partial charge in [0.2, 0.25) is 0 Å². The number of nitrogens with one attached hydrogen (secondary N) is 1. The standard InChI is InChI=1S/C18H25NO2/c1-2-14-4-8-19-13-17(14)16(3-1)15-5-9-21-18(12-15)6-10-20-11-7-18/h1-3,15,19H,4-13H2. The molecule has 2 saturated heterocycles. The zero-order valence-electron chi connectivity index (χ0n) is 12.7. The molecule has 3 nitrogen and oxygen atoms in total. The van der Waals surface area contributed by atoms with Crippen LogP contribution in [0.3, 0.4) is 0 Å². The average Bonchev–Trinajstić information content (AvgIpc) is 2.55. The quantitative estimate of drug-likeness (QED) is 0.861. The van der Waals surface area contributed by atoms with Crippen molar-refractivity contribution in [3.63, 3.8) is 0 Å². The number of fused-ring (bicyclic) bond motifs is 1. The maximum atomic E-state index is 6.21. The van der Waals surface area contributed by atoms with Gasteiger partial charge in [-0.05, 0) is 61.3 Å². The van der Waals surface area contributed by atoms with E-state index >= 15 is 0 Å². The van der Waals surface area contributed by atoms with Crippen LogP contribution < -0.4 is 5.32 Å². The van der Waals surface area contributed by atoms with Crippen LogP contribution in [0.1, 0.15) is 48.3 Å². The maximum Gasteiger partial charge on any atom is 0.0732 e. The van der Waals surface area contributed by atoms with Gasteiger partial charge in [0.1, 0.15) is 0 Å². The predicted molar refractivity (Wildman–Crippen MR) is 82.6 cm³/mol. The van der Waals surface area contributed by atoms with Crippen molar-refractivity contribution in [2.75, 3.05) is 26.4 Å². The van der Waals surface area contributed by atoms with Gasteiger partial charge < -0.3 is 14.8 Å². The Bertz CT molecular complexity index is 502. The minimum Gasteiger partial charge on any atom is -0.381 e. The van der Waals surface area contributed by atoms with Crippen molar-refractivity contribution in [1.82, 2.24) is 5.32 Å². The van der Waals surface area contributed by atoms with Gasteiger partial charge in [0.15, 0.2) is 0 Å². The third-order valence-corrected chi connectivity index (χ3v) is 5.52. The van der Waals surface area contributed by atoms with E-state index in [0.717, 1.165) is 45.8 Å². The highest BCUT2D eigenvalue weighted by molar-refractivity contribution is 5.39. The minimum atomic E-state index is 0.0893. The minimum absolute atomic E-state index is 0.0893. The van der Waals surface area contributed by atoms with Crippen molar-refractivity contribution in [3.8, 4) is 0 Å². The second kappa shape index (κ2) is 5.71. The predicted octanol–water partition coefficient (Wildman–Crippen LogP) is 2.78. The molecule has 114 valence electrons. The molecule has 1 N–H and O–H groups in total. The molecule has 3 aliphatic heterocycles. The molecule has 0 aromatic heterocycles. The molecule has 0 saturated carbocycles. The number of hydrogen-bond donors (Lipinski definition) is 1. The lowest BCUT2D eigenvalue weighted by Crippen LogP contribution is -2.44. The fraction of sp³-hybridized carbons (Fsp3) is 0.667. The van der Waals surface area contributed by atoms with Crippen LogP contribution >= 0.6 is 0 Å². The van der Waals surface area contributed by atoms with Crippen LogP contribution in [-0.4, -0.2) is 32.0 Å². The van der Waals surface area contributed by atoms with Crippen molar-refractivity contribution in [3.05, 3.63) is 34.9 Å². The van der Waals surface area contributed by atoms with E-state index in [4.69, 9.17) is 9.47 Å². The summed E-state index contributed by atoms with van der Waals surface area (Å²) in [5.41, 5.74) is 4.79. The fourth-order valence-corrected chi connectivity index (χ4v) is 4.31. The molecular formula is C18H25NO2. The monoisotopic (exact) mass is 287 g/mol. The molecule has 1 atom stereocenters. The van der Waals surface area contributed by atoms with Crippen molar-refractivity contribution < 1.29 is 9.47 Å². The second-order valence-corrected chi connectivity index (χ2v) is 6.75. The van der Waals surface area contributed by atoms with Crippen LogP contribution in [0.2, 0.25) is 0 Å². The molecule has 1 unspecified atom stereocenters. The number of benzene rings is 1. The third kappa shape index (κ3) is 2.63. The molecule has 3 heterocycles. The average molecular weight is 287 g/mol. The maximum absolute atomic E-state index is 6.21. The lowest BCUT2D eigenvalue weighted by molar-refractivity contribution is -0.138. The van der Waals surface area contributed by atoms with Crippen molar-refractivity contribution in [2.45, 2.75) is 50.2 Å². The van der Waals surface area contributed by atoms with Gasteiger partial charge in [0.05, 0.1) is 5.60 Å². The van der Waals surface area contributed by atoms with Crippen LogP contribution in [-0.2, 0) is 22.4 Å². The van der Waals surface area contributed by atoms with Crippen LogP contribution in [0.4, 0.5) is 0 Å². The molecular weight excluding hydrogens is 262 g/mol. The Morgan fingerprint density at radius 3 is 2.95 bits per heavy atom. The molecule has 3 heteroatoms. The third-order valence-electron chi connectivity index (χ3n) is 5.52. The zero-order valence-corrected chi connectivity index (χ0v) is 12.7. The first-order chi connectivity index (χ1) is 10.4. The van der Waals surface area contributed by atoms with E-state index < -0.39 is 0 Å². The molecule has 1 aromatic carbocycles. The SMILES string of the molecule is c1cc2c(c(C3CCOC4(CCOCC4)C3)c1)CNCC2. The van der Waals surface area contributed by atoms with E-state index in [9.17, 15) is 0 Å². The van der Waals surface area contributed by atoms with E-state index in [-0.39, 0.29) is 5.60 Å². The summed E-state index contributed by atoms with van der Waals surface area (Å²) in [4.78, 5) is 0. The Morgan fingerprint density at radius 1 is 1.14 bits per heavy atom. The van der Waals surface area contributed by atoms with Crippen LogP contribution in [0.15, 0.2) is 18.2 Å². The summed E-state index contributed by atoms with van der Waals surface area (Å²) >= 11 is 0. The highest BCUT2D eigenvalue weighted by Crippen LogP contribution is 2.42. The number of hydrogen-bond acceptors (Lipinski definition) is 3. The lowest BCUT2D eigenvalue weighted by atomic mass is 9.76. The van der Waals surface area contributed by atoms with Crippen molar-refractivity contribution >= 4 is 0 Å². The van der Waals surface area contributed by atoms with Crippen molar-refractivity contribution in [2.24, 2.45) is 0 Å². The van der Waals surface area contributed by atoms with Gasteiger partial charge in [-0.3, -0.25) is 0 Å². The first-order valence-corrected chi connectivity index (χ1v) is 8.39. The van der Waals surface area contributed by atoms with E-state index in [1.807, 2.05) is 0 Å². The van der Waals surface area contributed by atoms with Gasteiger partial charge in [-0.1, -0.05) is 18.2 Å². The first-order valence-electron chi connectivity index (χ1n) is 8.39. The summed E-state index contributed by atoms with van der Waals surface area (Å²) in [5, 5.41) is 3.54. The Labute approximate surface area is 127 Å². The highest BCUT2D eigenvalue weighted by Gasteiger charge is 2.40. The Morgan fingerprint density at radius 2 is 2.05 bits per heavy atom. The largest absolute Gasteiger partial charge is 0.381 e. The first kappa shape index (κ1) is 13.7. The van der Waals surface area contributed by atoms with Gasteiger partial charge in [0, 0.05) is 26.4 Å². The van der Waals surface area contributed by atoms with E-state index in [1.165, 1.54) is 19.3 Å². The van der Waals surface area contributed by atoms with E-state index in [0.29, 0.717) is 5.92 Å². The molecule has 1 spiro atoms. The molecule has 4 rings (SSSR count). The summed E-state index contributed by atoms with van der Waals surface area (Å²) < 4.78 is 11.7. The van der Waals surface area contributed by atoms with Gasteiger partial charge >= 0.3 is 0 Å². The summed E-state index contributed by atoms with van der Waals surface area (Å²) in [6, 6.07) is 6.92. The number of ether oxygens (including phenoxy) is 2. The zero-order chi connectivity index (χ0) is 14.1. The summed E-state index contributed by atoms with van der Waals surface area (Å²) in [6.45, 7) is 4.79. The molecule has 1 aromatic rings. The Hall–Kier alpha value is -0.900. The van der Waals surface area contributed by atoms with Crippen molar-refractivity contribution in [1.29, 1.82) is 0 Å². The fourth-order valence-electron chi connectivity index (χ4n) is 4.31. The van der Waals surface area contributed by atoms with Crippen LogP contribution in [0.25, 0.3) is 0 Å².